The highest BCUT2D eigenvalue weighted by Crippen LogP contribution is 2.32. The highest BCUT2D eigenvalue weighted by Gasteiger charge is 2.26. The first-order valence-electron chi connectivity index (χ1n) is 7.38. The first kappa shape index (κ1) is 14.8. The van der Waals surface area contributed by atoms with Crippen molar-refractivity contribution in [3.8, 4) is 5.69 Å². The average Bonchev–Trinajstić information content (AvgIpc) is 3.16. The van der Waals surface area contributed by atoms with E-state index >= 15 is 0 Å². The summed E-state index contributed by atoms with van der Waals surface area (Å²) in [5, 5.41) is 0. The number of aldehydes is 1. The molecular formula is C16H14N4O3S. The van der Waals surface area contributed by atoms with Crippen molar-refractivity contribution in [1.82, 2.24) is 14.5 Å². The molecule has 0 bridgehead atoms. The van der Waals surface area contributed by atoms with Gasteiger partial charge in [0.25, 0.3) is 0 Å². The lowest BCUT2D eigenvalue weighted by Crippen LogP contribution is -2.27. The number of carbonyl (C=O) groups excluding carboxylic acids is 1. The number of anilines is 1. The third-order valence-corrected chi connectivity index (χ3v) is 5.32. The van der Waals surface area contributed by atoms with Gasteiger partial charge in [0.15, 0.2) is 11.9 Å². The Bertz CT molecular complexity index is 1070. The van der Waals surface area contributed by atoms with Gasteiger partial charge in [-0.1, -0.05) is 6.07 Å². The van der Waals surface area contributed by atoms with E-state index in [-0.39, 0.29) is 0 Å². The maximum absolute atomic E-state index is 11.9. The van der Waals surface area contributed by atoms with Gasteiger partial charge in [0, 0.05) is 6.54 Å². The molecule has 2 aromatic heterocycles. The molecule has 3 heterocycles. The van der Waals surface area contributed by atoms with Crippen LogP contribution in [0.5, 0.6) is 0 Å². The maximum atomic E-state index is 11.9. The summed E-state index contributed by atoms with van der Waals surface area (Å²) in [6.45, 7) is 0.454. The standard InChI is InChI=1S/C16H14N4O3S/c1-24(22,23)20-7-6-11-2-4-13(8-15(11)20)19-10-17-14-5-3-12(9-21)18-16(14)19/h2-5,8-10H,6-7H2,1H3. The van der Waals surface area contributed by atoms with Crippen LogP contribution < -0.4 is 4.31 Å². The molecule has 3 aromatic rings. The maximum Gasteiger partial charge on any atom is 0.232 e. The normalized spacial score (nSPS) is 14.1. The number of nitrogens with zero attached hydrogens (tertiary/aromatic N) is 4. The Morgan fingerprint density at radius 2 is 2.04 bits per heavy atom. The van der Waals surface area contributed by atoms with Gasteiger partial charge in [-0.3, -0.25) is 13.7 Å². The Hall–Kier alpha value is -2.74. The minimum absolute atomic E-state index is 0.322. The van der Waals surface area contributed by atoms with Gasteiger partial charge in [-0.05, 0) is 36.2 Å². The van der Waals surface area contributed by atoms with Crippen molar-refractivity contribution in [1.29, 1.82) is 0 Å². The Morgan fingerprint density at radius 1 is 1.21 bits per heavy atom. The molecule has 0 fully saturated rings. The summed E-state index contributed by atoms with van der Waals surface area (Å²) in [4.78, 5) is 19.5. The van der Waals surface area contributed by atoms with E-state index in [1.807, 2.05) is 18.2 Å². The second-order valence-electron chi connectivity index (χ2n) is 5.71. The second-order valence-corrected chi connectivity index (χ2v) is 7.62. The molecule has 7 nitrogen and oxygen atoms in total. The molecular weight excluding hydrogens is 328 g/mol. The summed E-state index contributed by atoms with van der Waals surface area (Å²) < 4.78 is 27.1. The van der Waals surface area contributed by atoms with Crippen LogP contribution in [0.4, 0.5) is 5.69 Å². The summed E-state index contributed by atoms with van der Waals surface area (Å²) in [6, 6.07) is 8.99. The van der Waals surface area contributed by atoms with Crippen LogP contribution in [0.3, 0.4) is 0 Å². The number of pyridine rings is 1. The molecule has 0 unspecified atom stereocenters. The Kier molecular flexibility index (Phi) is 3.17. The molecule has 1 aliphatic rings. The molecule has 0 amide bonds. The molecule has 1 aliphatic heterocycles. The lowest BCUT2D eigenvalue weighted by molar-refractivity contribution is 0.111. The van der Waals surface area contributed by atoms with Gasteiger partial charge in [-0.2, -0.15) is 0 Å². The van der Waals surface area contributed by atoms with Crippen molar-refractivity contribution >= 4 is 33.2 Å². The van der Waals surface area contributed by atoms with E-state index in [4.69, 9.17) is 0 Å². The van der Waals surface area contributed by atoms with Crippen molar-refractivity contribution in [2.45, 2.75) is 6.42 Å². The van der Waals surface area contributed by atoms with Crippen LogP contribution in [-0.4, -0.2) is 42.0 Å². The average molecular weight is 342 g/mol. The molecule has 1 aromatic carbocycles. The van der Waals surface area contributed by atoms with Gasteiger partial charge in [0.05, 0.1) is 17.6 Å². The van der Waals surface area contributed by atoms with Crippen LogP contribution in [-0.2, 0) is 16.4 Å². The molecule has 0 saturated carbocycles. The van der Waals surface area contributed by atoms with Crippen molar-refractivity contribution in [3.05, 3.63) is 47.9 Å². The topological polar surface area (TPSA) is 85.2 Å². The number of hydrogen-bond donors (Lipinski definition) is 0. The minimum Gasteiger partial charge on any atom is -0.296 e. The van der Waals surface area contributed by atoms with Crippen molar-refractivity contribution in [3.63, 3.8) is 0 Å². The van der Waals surface area contributed by atoms with Gasteiger partial charge in [-0.15, -0.1) is 0 Å². The number of carbonyl (C=O) groups is 1. The zero-order valence-electron chi connectivity index (χ0n) is 12.9. The number of sulfonamides is 1. The largest absolute Gasteiger partial charge is 0.296 e. The lowest BCUT2D eigenvalue weighted by atomic mass is 10.1. The first-order chi connectivity index (χ1) is 11.5. The van der Waals surface area contributed by atoms with Gasteiger partial charge in [0.2, 0.25) is 10.0 Å². The van der Waals surface area contributed by atoms with Crippen molar-refractivity contribution in [2.24, 2.45) is 0 Å². The molecule has 122 valence electrons. The van der Waals surface area contributed by atoms with Gasteiger partial charge < -0.3 is 0 Å². The fourth-order valence-corrected chi connectivity index (χ4v) is 3.95. The summed E-state index contributed by atoms with van der Waals surface area (Å²) in [6.07, 6.45) is 4.21. The van der Waals surface area contributed by atoms with E-state index in [0.29, 0.717) is 41.8 Å². The zero-order valence-corrected chi connectivity index (χ0v) is 13.7. The smallest absolute Gasteiger partial charge is 0.232 e. The van der Waals surface area contributed by atoms with E-state index in [1.54, 1.807) is 23.0 Å². The SMILES string of the molecule is CS(=O)(=O)N1CCc2ccc(-n3cnc4ccc(C=O)nc43)cc21. The highest BCUT2D eigenvalue weighted by atomic mass is 32.2. The Labute approximate surface area is 138 Å². The number of hydrogen-bond acceptors (Lipinski definition) is 5. The fourth-order valence-electron chi connectivity index (χ4n) is 3.00. The van der Waals surface area contributed by atoms with Crippen LogP contribution in [0.2, 0.25) is 0 Å². The van der Waals surface area contributed by atoms with Crippen LogP contribution in [0.15, 0.2) is 36.7 Å². The first-order valence-corrected chi connectivity index (χ1v) is 9.22. The number of benzene rings is 1. The zero-order chi connectivity index (χ0) is 16.9. The Morgan fingerprint density at radius 3 is 2.79 bits per heavy atom. The van der Waals surface area contributed by atoms with Gasteiger partial charge in [-0.25, -0.2) is 18.4 Å². The highest BCUT2D eigenvalue weighted by molar-refractivity contribution is 7.92. The minimum atomic E-state index is -3.31. The molecule has 0 saturated heterocycles. The molecule has 0 spiro atoms. The fraction of sp³-hybridized carbons (Fsp3) is 0.188. The van der Waals surface area contributed by atoms with Crippen LogP contribution in [0.1, 0.15) is 16.1 Å². The van der Waals surface area contributed by atoms with Crippen molar-refractivity contribution in [2.75, 3.05) is 17.1 Å². The molecule has 4 rings (SSSR count). The molecule has 0 radical (unpaired) electrons. The third kappa shape index (κ3) is 2.26. The lowest BCUT2D eigenvalue weighted by Gasteiger charge is -2.17. The summed E-state index contributed by atoms with van der Waals surface area (Å²) >= 11 is 0. The van der Waals surface area contributed by atoms with E-state index in [9.17, 15) is 13.2 Å². The van der Waals surface area contributed by atoms with E-state index in [0.717, 1.165) is 11.3 Å². The van der Waals surface area contributed by atoms with Crippen LogP contribution in [0.25, 0.3) is 16.9 Å². The predicted octanol–water partition coefficient (Wildman–Crippen LogP) is 1.56. The summed E-state index contributed by atoms with van der Waals surface area (Å²) in [5.41, 5.74) is 3.98. The van der Waals surface area contributed by atoms with Crippen molar-refractivity contribution < 1.29 is 13.2 Å². The van der Waals surface area contributed by atoms with Gasteiger partial charge in [0.1, 0.15) is 17.5 Å². The molecule has 0 N–H and O–H groups in total. The molecule has 0 atom stereocenters. The number of fused-ring (bicyclic) bond motifs is 2. The monoisotopic (exact) mass is 342 g/mol. The predicted molar refractivity (Wildman–Crippen MR) is 90.1 cm³/mol. The third-order valence-electron chi connectivity index (χ3n) is 4.14. The van der Waals surface area contributed by atoms with E-state index in [1.165, 1.54) is 10.6 Å². The number of rotatable bonds is 3. The second kappa shape index (κ2) is 5.13. The van der Waals surface area contributed by atoms with Crippen LogP contribution >= 0.6 is 0 Å². The Balaban J connectivity index is 1.88. The summed E-state index contributed by atoms with van der Waals surface area (Å²) in [7, 11) is -3.31. The number of imidazole rings is 1. The summed E-state index contributed by atoms with van der Waals surface area (Å²) in [5.74, 6) is 0. The van der Waals surface area contributed by atoms with E-state index < -0.39 is 10.0 Å². The number of aromatic nitrogens is 3. The quantitative estimate of drug-likeness (QED) is 0.674. The van der Waals surface area contributed by atoms with E-state index in [2.05, 4.69) is 9.97 Å². The molecule has 8 heteroatoms. The molecule has 24 heavy (non-hydrogen) atoms. The molecule has 0 aliphatic carbocycles. The van der Waals surface area contributed by atoms with Crippen LogP contribution in [0, 0.1) is 0 Å². The van der Waals surface area contributed by atoms with Gasteiger partial charge >= 0.3 is 0 Å².